The second kappa shape index (κ2) is 18.3. The van der Waals surface area contributed by atoms with Crippen molar-refractivity contribution >= 4 is 11.6 Å². The molecule has 2 nitrogen and oxygen atoms in total. The van der Waals surface area contributed by atoms with E-state index in [1.54, 1.807) is 0 Å². The van der Waals surface area contributed by atoms with E-state index in [9.17, 15) is 0 Å². The van der Waals surface area contributed by atoms with Gasteiger partial charge in [0.25, 0.3) is 0 Å². The molecule has 1 aromatic rings. The highest BCUT2D eigenvalue weighted by atomic mass is 35.5. The molecule has 0 atom stereocenters. The number of likely N-dealkylation sites (N-methyl/N-ethyl adjacent to an activating group) is 1. The van der Waals surface area contributed by atoms with Crippen LogP contribution in [-0.2, 0) is 6.54 Å². The van der Waals surface area contributed by atoms with Crippen molar-refractivity contribution in [1.29, 1.82) is 0 Å². The van der Waals surface area contributed by atoms with E-state index in [0.717, 1.165) is 32.6 Å². The first kappa shape index (κ1) is 27.2. The third-order valence-corrected chi connectivity index (χ3v) is 4.76. The van der Waals surface area contributed by atoms with Crippen LogP contribution in [0.1, 0.15) is 53.5 Å². The van der Waals surface area contributed by atoms with Gasteiger partial charge in [0.1, 0.15) is 0 Å². The lowest BCUT2D eigenvalue weighted by atomic mass is 10.1. The molecule has 0 unspecified atom stereocenters. The van der Waals surface area contributed by atoms with E-state index in [1.807, 2.05) is 32.9 Å². The van der Waals surface area contributed by atoms with E-state index in [0.29, 0.717) is 5.88 Å². The molecule has 0 bridgehead atoms. The second-order valence-electron chi connectivity index (χ2n) is 6.52. The fraction of sp³-hybridized carbons (Fsp3) is 0.462. The first-order valence-electron chi connectivity index (χ1n) is 10.8. The molecule has 0 fully saturated rings. The fourth-order valence-electron chi connectivity index (χ4n) is 2.67. The second-order valence-corrected chi connectivity index (χ2v) is 6.83. The highest BCUT2D eigenvalue weighted by molar-refractivity contribution is 6.18. The summed E-state index contributed by atoms with van der Waals surface area (Å²) in [6.07, 6.45) is 13.9. The molecule has 1 aromatic carbocycles. The van der Waals surface area contributed by atoms with E-state index >= 15 is 0 Å². The minimum Gasteiger partial charge on any atom is -0.347 e. The van der Waals surface area contributed by atoms with Gasteiger partial charge >= 0.3 is 0 Å². The van der Waals surface area contributed by atoms with E-state index in [1.165, 1.54) is 16.8 Å². The molecule has 3 heteroatoms. The van der Waals surface area contributed by atoms with Gasteiger partial charge in [0, 0.05) is 43.8 Å². The van der Waals surface area contributed by atoms with Gasteiger partial charge in [-0.2, -0.15) is 0 Å². The number of halogens is 1. The number of rotatable bonds is 7. The summed E-state index contributed by atoms with van der Waals surface area (Å²) in [6, 6.07) is 10.7. The topological polar surface area (TPSA) is 6.48 Å². The monoisotopic (exact) mass is 416 g/mol. The van der Waals surface area contributed by atoms with Gasteiger partial charge in [0.2, 0.25) is 0 Å². The Morgan fingerprint density at radius 1 is 1.17 bits per heavy atom. The van der Waals surface area contributed by atoms with E-state index in [4.69, 9.17) is 11.6 Å². The average molecular weight is 417 g/mol. The molecule has 162 valence electrons. The van der Waals surface area contributed by atoms with Crippen molar-refractivity contribution in [2.45, 2.75) is 54.5 Å². The molecule has 1 aliphatic rings. The predicted octanol–water partition coefficient (Wildman–Crippen LogP) is 7.41. The summed E-state index contributed by atoms with van der Waals surface area (Å²) in [6.45, 7) is 16.7. The van der Waals surface area contributed by atoms with Gasteiger partial charge < -0.3 is 4.90 Å². The van der Waals surface area contributed by atoms with Gasteiger partial charge in [-0.05, 0) is 39.0 Å². The third kappa shape index (κ3) is 12.4. The van der Waals surface area contributed by atoms with Crippen LogP contribution in [0.2, 0.25) is 0 Å². The molecular formula is C26H41ClN2. The molecule has 1 aliphatic heterocycles. The molecule has 2 rings (SSSR count). The van der Waals surface area contributed by atoms with Gasteiger partial charge in [-0.3, -0.25) is 4.90 Å². The molecule has 0 amide bonds. The quantitative estimate of drug-likeness (QED) is 0.259. The lowest BCUT2D eigenvalue weighted by Crippen LogP contribution is -2.32. The molecule has 0 aliphatic carbocycles. The molecule has 1 heterocycles. The van der Waals surface area contributed by atoms with Crippen LogP contribution in [0, 0.1) is 0 Å². The smallest absolute Gasteiger partial charge is 0.0472 e. The van der Waals surface area contributed by atoms with E-state index in [-0.39, 0.29) is 0 Å². The maximum atomic E-state index is 5.21. The van der Waals surface area contributed by atoms with Crippen LogP contribution in [0.3, 0.4) is 0 Å². The van der Waals surface area contributed by atoms with Gasteiger partial charge in [-0.25, -0.2) is 0 Å². The Morgan fingerprint density at radius 2 is 1.86 bits per heavy atom. The highest BCUT2D eigenvalue weighted by Gasteiger charge is 2.14. The summed E-state index contributed by atoms with van der Waals surface area (Å²) in [5.74, 6) is 0.635. The molecule has 0 saturated carbocycles. The van der Waals surface area contributed by atoms with Crippen molar-refractivity contribution in [1.82, 2.24) is 9.80 Å². The van der Waals surface area contributed by atoms with Crippen LogP contribution in [0.5, 0.6) is 0 Å². The Labute approximate surface area is 185 Å². The summed E-state index contributed by atoms with van der Waals surface area (Å²) in [4.78, 5) is 4.88. The molecule has 29 heavy (non-hydrogen) atoms. The van der Waals surface area contributed by atoms with Gasteiger partial charge in [0.05, 0.1) is 0 Å². The van der Waals surface area contributed by atoms with Crippen molar-refractivity contribution in [3.05, 3.63) is 83.7 Å². The predicted molar refractivity (Wildman–Crippen MR) is 132 cm³/mol. The van der Waals surface area contributed by atoms with Crippen molar-refractivity contribution < 1.29 is 0 Å². The molecule has 0 N–H and O–H groups in total. The number of benzene rings is 1. The number of hydrogen-bond donors (Lipinski definition) is 0. The Balaban J connectivity index is 0.000000977. The van der Waals surface area contributed by atoms with Crippen LogP contribution in [0.4, 0.5) is 0 Å². The van der Waals surface area contributed by atoms with Gasteiger partial charge in [-0.1, -0.05) is 81.0 Å². The number of nitrogens with zero attached hydrogens (tertiary/aromatic N) is 2. The normalized spacial score (nSPS) is 14.7. The maximum absolute atomic E-state index is 5.21. The van der Waals surface area contributed by atoms with Crippen LogP contribution in [0.25, 0.3) is 0 Å². The minimum absolute atomic E-state index is 0.635. The van der Waals surface area contributed by atoms with E-state index in [2.05, 4.69) is 85.3 Å². The molecule has 0 aromatic heterocycles. The van der Waals surface area contributed by atoms with Crippen molar-refractivity contribution in [2.75, 3.05) is 25.5 Å². The summed E-state index contributed by atoms with van der Waals surface area (Å²) >= 11 is 5.21. The lowest BCUT2D eigenvalue weighted by Gasteiger charge is -2.31. The fourth-order valence-corrected chi connectivity index (χ4v) is 2.85. The highest BCUT2D eigenvalue weighted by Crippen LogP contribution is 2.19. The average Bonchev–Trinajstić information content (AvgIpc) is 2.79. The largest absolute Gasteiger partial charge is 0.347 e. The zero-order chi connectivity index (χ0) is 21.9. The molecule has 0 saturated heterocycles. The standard InChI is InChI=1S/C20H28N2.C4H7Cl.C2H6/c1-4-18(3)11-16-22(17-19-9-7-6-8-10-19)20-12-14-21(5-2)15-13-20;1-2-3-4-5;1-2/h4,6-12,16H,5,13-15,17H2,1-3H3;2-3H,4H2,1H3;1-2H3/b16-11+,18-4+;3-2-;. The summed E-state index contributed by atoms with van der Waals surface area (Å²) in [7, 11) is 0. The summed E-state index contributed by atoms with van der Waals surface area (Å²) in [5, 5.41) is 0. The minimum atomic E-state index is 0.635. The van der Waals surface area contributed by atoms with Crippen LogP contribution in [-0.4, -0.2) is 35.3 Å². The van der Waals surface area contributed by atoms with E-state index < -0.39 is 0 Å². The van der Waals surface area contributed by atoms with Crippen LogP contribution < -0.4 is 0 Å². The van der Waals surface area contributed by atoms with Crippen molar-refractivity contribution in [3.8, 4) is 0 Å². The molecular weight excluding hydrogens is 376 g/mol. The third-order valence-electron chi connectivity index (χ3n) is 4.58. The number of alkyl halides is 1. The summed E-state index contributed by atoms with van der Waals surface area (Å²) in [5.41, 5.74) is 4.09. The van der Waals surface area contributed by atoms with Crippen molar-refractivity contribution in [2.24, 2.45) is 0 Å². The number of allylic oxidation sites excluding steroid dienone is 5. The zero-order valence-electron chi connectivity index (χ0n) is 19.4. The van der Waals surface area contributed by atoms with Crippen molar-refractivity contribution in [3.63, 3.8) is 0 Å². The van der Waals surface area contributed by atoms with Gasteiger partial charge in [0.15, 0.2) is 0 Å². The van der Waals surface area contributed by atoms with Crippen LogP contribution in [0.15, 0.2) is 78.2 Å². The Kier molecular flexibility index (Phi) is 17.2. The Hall–Kier alpha value is -1.77. The zero-order valence-corrected chi connectivity index (χ0v) is 20.1. The number of hydrogen-bond acceptors (Lipinski definition) is 2. The van der Waals surface area contributed by atoms with Gasteiger partial charge in [-0.15, -0.1) is 11.6 Å². The maximum Gasteiger partial charge on any atom is 0.0472 e. The molecule has 0 radical (unpaired) electrons. The van der Waals surface area contributed by atoms with Crippen LogP contribution >= 0.6 is 11.6 Å². The first-order valence-corrected chi connectivity index (χ1v) is 11.4. The Bertz CT molecular complexity index is 629. The summed E-state index contributed by atoms with van der Waals surface area (Å²) < 4.78 is 0. The molecule has 0 spiro atoms. The lowest BCUT2D eigenvalue weighted by molar-refractivity contribution is 0.285. The SMILES string of the molecule is C/C=C(C)/C=C/N(Cc1ccccc1)C1=CCN(CC)CC1.C/C=C\CCl.CC. The first-order chi connectivity index (χ1) is 14.1. The Morgan fingerprint density at radius 3 is 2.31 bits per heavy atom.